The third kappa shape index (κ3) is 3.24. The largest absolute Gasteiger partial charge is 0.457 e. The van der Waals surface area contributed by atoms with E-state index in [4.69, 9.17) is 4.42 Å². The SMILES string of the molecule is CCc1cc(CC)c(C(NC)c2ccoc2Br)c(CC)c1. The Bertz CT molecular complexity index is 578. The summed E-state index contributed by atoms with van der Waals surface area (Å²) in [6, 6.07) is 6.91. The minimum absolute atomic E-state index is 0.161. The monoisotopic (exact) mass is 349 g/mol. The minimum Gasteiger partial charge on any atom is -0.457 e. The first kappa shape index (κ1) is 16.3. The highest BCUT2D eigenvalue weighted by Gasteiger charge is 2.22. The topological polar surface area (TPSA) is 25.2 Å². The molecule has 0 saturated heterocycles. The van der Waals surface area contributed by atoms with E-state index in [0.29, 0.717) is 0 Å². The van der Waals surface area contributed by atoms with Gasteiger partial charge in [-0.05, 0) is 70.6 Å². The van der Waals surface area contributed by atoms with Crippen molar-refractivity contribution in [1.82, 2.24) is 5.32 Å². The van der Waals surface area contributed by atoms with Gasteiger partial charge in [-0.25, -0.2) is 0 Å². The first-order chi connectivity index (χ1) is 10.2. The van der Waals surface area contributed by atoms with E-state index in [2.05, 4.69) is 54.2 Å². The highest BCUT2D eigenvalue weighted by atomic mass is 79.9. The van der Waals surface area contributed by atoms with Crippen molar-refractivity contribution in [2.75, 3.05) is 7.05 Å². The molecule has 2 rings (SSSR count). The number of aryl methyl sites for hydroxylation is 3. The van der Waals surface area contributed by atoms with E-state index < -0.39 is 0 Å². The third-order valence-electron chi connectivity index (χ3n) is 4.12. The summed E-state index contributed by atoms with van der Waals surface area (Å²) in [5, 5.41) is 3.46. The lowest BCUT2D eigenvalue weighted by Crippen LogP contribution is -2.21. The lowest BCUT2D eigenvalue weighted by molar-refractivity contribution is 0.529. The highest BCUT2D eigenvalue weighted by molar-refractivity contribution is 9.10. The number of hydrogen-bond donors (Lipinski definition) is 1. The van der Waals surface area contributed by atoms with Crippen molar-refractivity contribution in [3.63, 3.8) is 0 Å². The van der Waals surface area contributed by atoms with Crippen molar-refractivity contribution < 1.29 is 4.42 Å². The first-order valence-corrected chi connectivity index (χ1v) is 8.50. The number of hydrogen-bond acceptors (Lipinski definition) is 2. The Morgan fingerprint density at radius 3 is 2.10 bits per heavy atom. The number of nitrogens with one attached hydrogen (secondary N) is 1. The lowest BCUT2D eigenvalue weighted by atomic mass is 9.87. The van der Waals surface area contributed by atoms with Crippen LogP contribution in [-0.2, 0) is 19.3 Å². The molecule has 1 aromatic carbocycles. The maximum Gasteiger partial charge on any atom is 0.174 e. The molecule has 0 saturated carbocycles. The standard InChI is InChI=1S/C18H24BrNO/c1-5-12-10-13(6-2)16(14(7-3)11-12)17(20-4)15-8-9-21-18(15)19/h8-11,17,20H,5-7H2,1-4H3. The van der Waals surface area contributed by atoms with Crippen LogP contribution in [0.4, 0.5) is 0 Å². The smallest absolute Gasteiger partial charge is 0.174 e. The van der Waals surface area contributed by atoms with E-state index in [-0.39, 0.29) is 6.04 Å². The van der Waals surface area contributed by atoms with Gasteiger partial charge in [-0.3, -0.25) is 0 Å². The fourth-order valence-corrected chi connectivity index (χ4v) is 3.45. The first-order valence-electron chi connectivity index (χ1n) is 7.70. The van der Waals surface area contributed by atoms with Gasteiger partial charge in [0.2, 0.25) is 0 Å². The molecule has 0 spiro atoms. The van der Waals surface area contributed by atoms with Gasteiger partial charge < -0.3 is 9.73 Å². The highest BCUT2D eigenvalue weighted by Crippen LogP contribution is 2.34. The molecule has 3 heteroatoms. The van der Waals surface area contributed by atoms with Crippen molar-refractivity contribution in [3.05, 3.63) is 56.9 Å². The number of rotatable bonds is 6. The van der Waals surface area contributed by atoms with Crippen molar-refractivity contribution in [1.29, 1.82) is 0 Å². The number of halogens is 1. The van der Waals surface area contributed by atoms with E-state index in [9.17, 15) is 0 Å². The Kier molecular flexibility index (Phi) is 5.65. The van der Waals surface area contributed by atoms with Crippen LogP contribution in [0.5, 0.6) is 0 Å². The average molecular weight is 350 g/mol. The maximum absolute atomic E-state index is 5.44. The quantitative estimate of drug-likeness (QED) is 0.790. The van der Waals surface area contributed by atoms with Crippen LogP contribution in [0, 0.1) is 0 Å². The molecule has 0 amide bonds. The Morgan fingerprint density at radius 1 is 1.10 bits per heavy atom. The van der Waals surface area contributed by atoms with Crippen LogP contribution in [0.2, 0.25) is 0 Å². The number of benzene rings is 1. The van der Waals surface area contributed by atoms with E-state index in [1.807, 2.05) is 13.1 Å². The summed E-state index contributed by atoms with van der Waals surface area (Å²) < 4.78 is 6.25. The summed E-state index contributed by atoms with van der Waals surface area (Å²) in [6.45, 7) is 6.68. The summed E-state index contributed by atoms with van der Waals surface area (Å²) >= 11 is 3.52. The van der Waals surface area contributed by atoms with Crippen LogP contribution >= 0.6 is 15.9 Å². The second-order valence-corrected chi connectivity index (χ2v) is 5.98. The van der Waals surface area contributed by atoms with Crippen molar-refractivity contribution in [3.8, 4) is 0 Å². The molecule has 1 N–H and O–H groups in total. The van der Waals surface area contributed by atoms with Gasteiger partial charge in [-0.2, -0.15) is 0 Å². The van der Waals surface area contributed by atoms with Gasteiger partial charge in [-0.15, -0.1) is 0 Å². The Labute approximate surface area is 136 Å². The van der Waals surface area contributed by atoms with Gasteiger partial charge in [-0.1, -0.05) is 32.9 Å². The molecule has 21 heavy (non-hydrogen) atoms. The average Bonchev–Trinajstić information content (AvgIpc) is 2.94. The minimum atomic E-state index is 0.161. The van der Waals surface area contributed by atoms with Gasteiger partial charge >= 0.3 is 0 Å². The molecule has 2 aromatic rings. The second kappa shape index (κ2) is 7.28. The predicted octanol–water partition coefficient (Wildman–Crippen LogP) is 5.04. The normalized spacial score (nSPS) is 12.6. The van der Waals surface area contributed by atoms with E-state index in [0.717, 1.165) is 29.5 Å². The molecule has 1 aromatic heterocycles. The summed E-state index contributed by atoms with van der Waals surface area (Å²) in [6.07, 6.45) is 4.91. The molecule has 0 aliphatic heterocycles. The number of furan rings is 1. The van der Waals surface area contributed by atoms with Crippen LogP contribution in [0.1, 0.15) is 54.6 Å². The zero-order valence-corrected chi connectivity index (χ0v) is 14.9. The molecule has 114 valence electrons. The predicted molar refractivity (Wildman–Crippen MR) is 91.9 cm³/mol. The molecule has 0 bridgehead atoms. The third-order valence-corrected chi connectivity index (χ3v) is 4.76. The second-order valence-electron chi connectivity index (χ2n) is 5.26. The van der Waals surface area contributed by atoms with E-state index >= 15 is 0 Å². The van der Waals surface area contributed by atoms with Crippen LogP contribution in [0.25, 0.3) is 0 Å². The molecule has 1 heterocycles. The molecule has 0 aliphatic rings. The van der Waals surface area contributed by atoms with Gasteiger partial charge in [0.05, 0.1) is 12.3 Å². The fraction of sp³-hybridized carbons (Fsp3) is 0.444. The summed E-state index contributed by atoms with van der Waals surface area (Å²) in [7, 11) is 2.01. The Morgan fingerprint density at radius 2 is 1.71 bits per heavy atom. The van der Waals surface area contributed by atoms with E-state index in [1.54, 1.807) is 6.26 Å². The molecule has 1 atom stereocenters. The Hall–Kier alpha value is -1.06. The molecular formula is C18H24BrNO. The van der Waals surface area contributed by atoms with E-state index in [1.165, 1.54) is 22.3 Å². The lowest BCUT2D eigenvalue weighted by Gasteiger charge is -2.23. The maximum atomic E-state index is 5.44. The summed E-state index contributed by atoms with van der Waals surface area (Å²) in [5.74, 6) is 0. The molecule has 2 nitrogen and oxygen atoms in total. The van der Waals surface area contributed by atoms with Crippen LogP contribution < -0.4 is 5.32 Å². The van der Waals surface area contributed by atoms with Crippen LogP contribution in [0.15, 0.2) is 33.5 Å². The van der Waals surface area contributed by atoms with Crippen molar-refractivity contribution in [2.24, 2.45) is 0 Å². The molecule has 0 radical (unpaired) electrons. The van der Waals surface area contributed by atoms with Gasteiger partial charge in [0.15, 0.2) is 4.67 Å². The summed E-state index contributed by atoms with van der Waals surface area (Å²) in [4.78, 5) is 0. The van der Waals surface area contributed by atoms with Gasteiger partial charge in [0.25, 0.3) is 0 Å². The van der Waals surface area contributed by atoms with Gasteiger partial charge in [0, 0.05) is 5.56 Å². The van der Waals surface area contributed by atoms with Gasteiger partial charge in [0.1, 0.15) is 0 Å². The fourth-order valence-electron chi connectivity index (χ4n) is 2.98. The Balaban J connectivity index is 2.62. The molecule has 0 aliphatic carbocycles. The molecule has 1 unspecified atom stereocenters. The summed E-state index contributed by atoms with van der Waals surface area (Å²) in [5.41, 5.74) is 6.85. The molecule has 0 fully saturated rings. The zero-order valence-electron chi connectivity index (χ0n) is 13.3. The van der Waals surface area contributed by atoms with Crippen LogP contribution in [-0.4, -0.2) is 7.05 Å². The van der Waals surface area contributed by atoms with Crippen LogP contribution in [0.3, 0.4) is 0 Å². The molecular weight excluding hydrogens is 326 g/mol. The van der Waals surface area contributed by atoms with Crippen molar-refractivity contribution in [2.45, 2.75) is 46.1 Å². The zero-order chi connectivity index (χ0) is 15.4. The van der Waals surface area contributed by atoms with Crippen molar-refractivity contribution >= 4 is 15.9 Å².